The number of anilines is 1. The van der Waals surface area contributed by atoms with Gasteiger partial charge in [-0.25, -0.2) is 4.98 Å². The standard InChI is InChI=1S/C16H24N6O2S/c1-3-20(4-2)10-7-17-13(23)12-11-18-15-22(14(12)24)19-16(25-15)21-8-5-6-9-21/h11H,3-10H2,1-2H3,(H,17,23). The zero-order valence-electron chi connectivity index (χ0n) is 14.7. The normalized spacial score (nSPS) is 14.6. The lowest BCUT2D eigenvalue weighted by atomic mass is 10.3. The molecule has 2 aromatic heterocycles. The number of aromatic nitrogens is 3. The Morgan fingerprint density at radius 3 is 2.72 bits per heavy atom. The van der Waals surface area contributed by atoms with Crippen LogP contribution in [0.2, 0.25) is 0 Å². The molecule has 3 heterocycles. The molecule has 1 aliphatic heterocycles. The van der Waals surface area contributed by atoms with E-state index in [0.717, 1.165) is 50.7 Å². The molecule has 0 radical (unpaired) electrons. The molecule has 1 amide bonds. The molecule has 1 fully saturated rings. The number of likely N-dealkylation sites (N-methyl/N-ethyl adjacent to an activating group) is 1. The van der Waals surface area contributed by atoms with Crippen LogP contribution in [0.4, 0.5) is 5.13 Å². The maximum absolute atomic E-state index is 12.6. The van der Waals surface area contributed by atoms with E-state index in [4.69, 9.17) is 0 Å². The molecular formula is C16H24N6O2S. The highest BCUT2D eigenvalue weighted by atomic mass is 32.1. The molecule has 1 aliphatic rings. The van der Waals surface area contributed by atoms with Crippen LogP contribution in [0, 0.1) is 0 Å². The van der Waals surface area contributed by atoms with Gasteiger partial charge in [-0.05, 0) is 25.9 Å². The number of rotatable bonds is 7. The molecule has 9 heteroatoms. The first kappa shape index (κ1) is 17.8. The number of amides is 1. The zero-order valence-corrected chi connectivity index (χ0v) is 15.5. The van der Waals surface area contributed by atoms with Gasteiger partial charge in [-0.1, -0.05) is 25.2 Å². The van der Waals surface area contributed by atoms with Crippen molar-refractivity contribution in [2.75, 3.05) is 44.2 Å². The van der Waals surface area contributed by atoms with Crippen LogP contribution in [0.1, 0.15) is 37.0 Å². The smallest absolute Gasteiger partial charge is 0.288 e. The average Bonchev–Trinajstić information content (AvgIpc) is 3.28. The maximum Gasteiger partial charge on any atom is 0.288 e. The van der Waals surface area contributed by atoms with E-state index in [1.807, 2.05) is 0 Å². The van der Waals surface area contributed by atoms with Crippen LogP contribution in [0.25, 0.3) is 4.96 Å². The van der Waals surface area contributed by atoms with Gasteiger partial charge in [0.15, 0.2) is 0 Å². The first-order chi connectivity index (χ1) is 12.1. The van der Waals surface area contributed by atoms with Gasteiger partial charge in [-0.15, -0.1) is 5.10 Å². The van der Waals surface area contributed by atoms with Crippen LogP contribution >= 0.6 is 11.3 Å². The SMILES string of the molecule is CCN(CC)CCNC(=O)c1cnc2sc(N3CCCC3)nn2c1=O. The summed E-state index contributed by atoms with van der Waals surface area (Å²) in [5, 5.41) is 7.96. The molecular weight excluding hydrogens is 340 g/mol. The summed E-state index contributed by atoms with van der Waals surface area (Å²) >= 11 is 1.39. The summed E-state index contributed by atoms with van der Waals surface area (Å²) in [4.78, 5) is 34.0. The lowest BCUT2D eigenvalue weighted by Crippen LogP contribution is -2.37. The van der Waals surface area contributed by atoms with Crippen LogP contribution in [-0.4, -0.2) is 64.7 Å². The molecule has 8 nitrogen and oxygen atoms in total. The number of hydrogen-bond donors (Lipinski definition) is 1. The van der Waals surface area contributed by atoms with Crippen LogP contribution in [0.5, 0.6) is 0 Å². The Hall–Kier alpha value is -2.00. The van der Waals surface area contributed by atoms with Gasteiger partial charge in [0.25, 0.3) is 11.5 Å². The lowest BCUT2D eigenvalue weighted by molar-refractivity contribution is 0.0946. The van der Waals surface area contributed by atoms with Gasteiger partial charge >= 0.3 is 0 Å². The third-order valence-electron chi connectivity index (χ3n) is 4.51. The third kappa shape index (κ3) is 3.82. The minimum atomic E-state index is -0.410. The van der Waals surface area contributed by atoms with Crippen molar-refractivity contribution in [2.45, 2.75) is 26.7 Å². The highest BCUT2D eigenvalue weighted by molar-refractivity contribution is 7.20. The summed E-state index contributed by atoms with van der Waals surface area (Å²) < 4.78 is 1.25. The van der Waals surface area contributed by atoms with E-state index in [2.05, 4.69) is 39.0 Å². The van der Waals surface area contributed by atoms with Crippen molar-refractivity contribution in [3.8, 4) is 0 Å². The Balaban J connectivity index is 1.74. The molecule has 0 saturated carbocycles. The van der Waals surface area contributed by atoms with E-state index in [1.165, 1.54) is 22.0 Å². The van der Waals surface area contributed by atoms with Crippen molar-refractivity contribution in [2.24, 2.45) is 0 Å². The molecule has 2 aromatic rings. The fourth-order valence-electron chi connectivity index (χ4n) is 2.93. The second-order valence-electron chi connectivity index (χ2n) is 6.03. The summed E-state index contributed by atoms with van der Waals surface area (Å²) in [6.45, 7) is 9.18. The summed E-state index contributed by atoms with van der Waals surface area (Å²) in [6, 6.07) is 0. The van der Waals surface area contributed by atoms with Crippen molar-refractivity contribution in [1.82, 2.24) is 24.8 Å². The summed E-state index contributed by atoms with van der Waals surface area (Å²) in [6.07, 6.45) is 3.63. The predicted molar refractivity (Wildman–Crippen MR) is 98.7 cm³/mol. The van der Waals surface area contributed by atoms with E-state index < -0.39 is 11.5 Å². The number of nitrogens with one attached hydrogen (secondary N) is 1. The third-order valence-corrected chi connectivity index (χ3v) is 5.49. The highest BCUT2D eigenvalue weighted by Crippen LogP contribution is 2.24. The number of hydrogen-bond acceptors (Lipinski definition) is 7. The first-order valence-corrected chi connectivity index (χ1v) is 9.60. The van der Waals surface area contributed by atoms with Gasteiger partial charge in [0.2, 0.25) is 10.1 Å². The lowest BCUT2D eigenvalue weighted by Gasteiger charge is -2.17. The van der Waals surface area contributed by atoms with Gasteiger partial charge in [-0.3, -0.25) is 9.59 Å². The monoisotopic (exact) mass is 364 g/mol. The largest absolute Gasteiger partial charge is 0.351 e. The van der Waals surface area contributed by atoms with Crippen molar-refractivity contribution < 1.29 is 4.79 Å². The van der Waals surface area contributed by atoms with Gasteiger partial charge in [0, 0.05) is 32.4 Å². The molecule has 1 saturated heterocycles. The molecule has 0 spiro atoms. The Bertz CT molecular complexity index is 792. The molecule has 3 rings (SSSR count). The predicted octanol–water partition coefficient (Wildman–Crippen LogP) is 0.823. The molecule has 0 aromatic carbocycles. The minimum absolute atomic E-state index is 0.0373. The Morgan fingerprint density at radius 2 is 2.04 bits per heavy atom. The van der Waals surface area contributed by atoms with Crippen LogP contribution in [0.3, 0.4) is 0 Å². The second-order valence-corrected chi connectivity index (χ2v) is 6.97. The molecule has 0 atom stereocenters. The van der Waals surface area contributed by atoms with E-state index in [-0.39, 0.29) is 5.56 Å². The van der Waals surface area contributed by atoms with Gasteiger partial charge < -0.3 is 15.1 Å². The quantitative estimate of drug-likeness (QED) is 0.783. The number of nitrogens with zero attached hydrogens (tertiary/aromatic N) is 5. The van der Waals surface area contributed by atoms with E-state index in [9.17, 15) is 9.59 Å². The van der Waals surface area contributed by atoms with Crippen LogP contribution in [-0.2, 0) is 0 Å². The Kier molecular flexibility index (Phi) is 5.64. The summed E-state index contributed by atoms with van der Waals surface area (Å²) in [7, 11) is 0. The summed E-state index contributed by atoms with van der Waals surface area (Å²) in [5.74, 6) is -0.394. The molecule has 1 N–H and O–H groups in total. The summed E-state index contributed by atoms with van der Waals surface area (Å²) in [5.41, 5.74) is -0.373. The molecule has 0 aliphatic carbocycles. The number of fused-ring (bicyclic) bond motifs is 1. The Morgan fingerprint density at radius 1 is 1.32 bits per heavy atom. The van der Waals surface area contributed by atoms with E-state index in [1.54, 1.807) is 0 Å². The van der Waals surface area contributed by atoms with Crippen LogP contribution < -0.4 is 15.8 Å². The minimum Gasteiger partial charge on any atom is -0.351 e. The second kappa shape index (κ2) is 7.92. The molecule has 136 valence electrons. The Labute approximate surface area is 150 Å². The van der Waals surface area contributed by atoms with Crippen molar-refractivity contribution >= 4 is 27.3 Å². The topological polar surface area (TPSA) is 82.8 Å². The fourth-order valence-corrected chi connectivity index (χ4v) is 3.84. The van der Waals surface area contributed by atoms with Crippen molar-refractivity contribution in [3.05, 3.63) is 22.1 Å². The van der Waals surface area contributed by atoms with E-state index in [0.29, 0.717) is 11.5 Å². The first-order valence-electron chi connectivity index (χ1n) is 8.78. The molecule has 25 heavy (non-hydrogen) atoms. The maximum atomic E-state index is 12.6. The van der Waals surface area contributed by atoms with Crippen LogP contribution in [0.15, 0.2) is 11.0 Å². The number of carbonyl (C=O) groups is 1. The van der Waals surface area contributed by atoms with Crippen molar-refractivity contribution in [1.29, 1.82) is 0 Å². The van der Waals surface area contributed by atoms with E-state index >= 15 is 0 Å². The van der Waals surface area contributed by atoms with Gasteiger partial charge in [0.1, 0.15) is 5.56 Å². The molecule has 0 bridgehead atoms. The number of carbonyl (C=O) groups excluding carboxylic acids is 1. The van der Waals surface area contributed by atoms with Crippen molar-refractivity contribution in [3.63, 3.8) is 0 Å². The average molecular weight is 364 g/mol. The zero-order chi connectivity index (χ0) is 17.8. The highest BCUT2D eigenvalue weighted by Gasteiger charge is 2.20. The molecule has 0 unspecified atom stereocenters. The fraction of sp³-hybridized carbons (Fsp3) is 0.625. The van der Waals surface area contributed by atoms with Gasteiger partial charge in [-0.2, -0.15) is 4.52 Å². The van der Waals surface area contributed by atoms with Gasteiger partial charge in [0.05, 0.1) is 0 Å².